The molecule has 3 rings (SSSR count). The van der Waals surface area contributed by atoms with Crippen molar-refractivity contribution in [2.45, 2.75) is 50.7 Å². The Labute approximate surface area is 128 Å². The molecule has 1 heterocycles. The van der Waals surface area contributed by atoms with E-state index >= 15 is 0 Å². The first-order chi connectivity index (χ1) is 10.3. The maximum absolute atomic E-state index is 6.24. The summed E-state index contributed by atoms with van der Waals surface area (Å²) in [5.41, 5.74) is 9.34. The molecular weight excluding hydrogens is 260 g/mol. The van der Waals surface area contributed by atoms with Gasteiger partial charge in [-0.3, -0.25) is 4.90 Å². The lowest BCUT2D eigenvalue weighted by atomic mass is 9.90. The molecule has 0 aromatic heterocycles. The van der Waals surface area contributed by atoms with Crippen LogP contribution in [0.1, 0.15) is 37.3 Å². The molecule has 0 bridgehead atoms. The van der Waals surface area contributed by atoms with Crippen LogP contribution in [0.5, 0.6) is 0 Å². The molecule has 116 valence electrons. The SMILES string of the molecule is CCCOC1CCCN(C2(CN)Cc3ccccc3C2)C1. The highest BCUT2D eigenvalue weighted by Crippen LogP contribution is 2.35. The van der Waals surface area contributed by atoms with Gasteiger partial charge in [0.15, 0.2) is 0 Å². The lowest BCUT2D eigenvalue weighted by Gasteiger charge is -2.45. The molecule has 2 N–H and O–H groups in total. The Kier molecular flexibility index (Phi) is 4.63. The predicted octanol–water partition coefficient (Wildman–Crippen LogP) is 2.37. The first-order valence-electron chi connectivity index (χ1n) is 8.41. The average Bonchev–Trinajstić information content (AvgIpc) is 2.93. The molecule has 2 aliphatic rings. The van der Waals surface area contributed by atoms with Crippen LogP contribution in [0.25, 0.3) is 0 Å². The van der Waals surface area contributed by atoms with Gasteiger partial charge in [-0.25, -0.2) is 0 Å². The van der Waals surface area contributed by atoms with Crippen LogP contribution in [0, 0.1) is 0 Å². The molecule has 1 aromatic rings. The number of nitrogens with zero attached hydrogens (tertiary/aromatic N) is 1. The highest BCUT2D eigenvalue weighted by molar-refractivity contribution is 5.36. The molecule has 1 aromatic carbocycles. The third-order valence-electron chi connectivity index (χ3n) is 5.14. The van der Waals surface area contributed by atoms with Crippen LogP contribution in [-0.2, 0) is 17.6 Å². The predicted molar refractivity (Wildman–Crippen MR) is 86.5 cm³/mol. The van der Waals surface area contributed by atoms with Crippen molar-refractivity contribution in [3.05, 3.63) is 35.4 Å². The number of piperidine rings is 1. The number of nitrogens with two attached hydrogens (primary N) is 1. The lowest BCUT2D eigenvalue weighted by molar-refractivity contribution is -0.0341. The van der Waals surface area contributed by atoms with Crippen LogP contribution in [0.3, 0.4) is 0 Å². The maximum Gasteiger partial charge on any atom is 0.0702 e. The highest BCUT2D eigenvalue weighted by Gasteiger charge is 2.42. The van der Waals surface area contributed by atoms with Crippen molar-refractivity contribution in [1.29, 1.82) is 0 Å². The molecule has 1 aliphatic carbocycles. The number of ether oxygens (including phenoxy) is 1. The summed E-state index contributed by atoms with van der Waals surface area (Å²) in [6.07, 6.45) is 6.12. The van der Waals surface area contributed by atoms with E-state index in [2.05, 4.69) is 36.1 Å². The number of likely N-dealkylation sites (tertiary alicyclic amines) is 1. The number of benzene rings is 1. The lowest BCUT2D eigenvalue weighted by Crippen LogP contribution is -2.59. The molecule has 0 radical (unpaired) electrons. The van der Waals surface area contributed by atoms with Gasteiger partial charge >= 0.3 is 0 Å². The summed E-state index contributed by atoms with van der Waals surface area (Å²) >= 11 is 0. The molecule has 1 saturated heterocycles. The van der Waals surface area contributed by atoms with Crippen molar-refractivity contribution in [1.82, 2.24) is 4.90 Å². The van der Waals surface area contributed by atoms with Gasteiger partial charge in [0.05, 0.1) is 6.10 Å². The fraction of sp³-hybridized carbons (Fsp3) is 0.667. The Morgan fingerprint density at radius 1 is 1.29 bits per heavy atom. The largest absolute Gasteiger partial charge is 0.377 e. The molecule has 21 heavy (non-hydrogen) atoms. The maximum atomic E-state index is 6.24. The van der Waals surface area contributed by atoms with Crippen molar-refractivity contribution in [2.24, 2.45) is 5.73 Å². The van der Waals surface area contributed by atoms with Gasteiger partial charge in [0.25, 0.3) is 0 Å². The van der Waals surface area contributed by atoms with Gasteiger partial charge in [0, 0.05) is 25.2 Å². The second-order valence-electron chi connectivity index (χ2n) is 6.63. The monoisotopic (exact) mass is 288 g/mol. The summed E-state index contributed by atoms with van der Waals surface area (Å²) in [5, 5.41) is 0. The van der Waals surface area contributed by atoms with E-state index in [-0.39, 0.29) is 5.54 Å². The van der Waals surface area contributed by atoms with Crippen molar-refractivity contribution in [3.63, 3.8) is 0 Å². The van der Waals surface area contributed by atoms with Gasteiger partial charge in [-0.05, 0) is 49.8 Å². The van der Waals surface area contributed by atoms with Crippen LogP contribution in [0.15, 0.2) is 24.3 Å². The standard InChI is InChI=1S/C18H28N2O/c1-2-10-21-17-8-5-9-20(13-17)18(14-19)11-15-6-3-4-7-16(15)12-18/h3-4,6-7,17H,2,5,8-14,19H2,1H3. The molecule has 0 saturated carbocycles. The summed E-state index contributed by atoms with van der Waals surface area (Å²) in [4.78, 5) is 2.62. The third kappa shape index (κ3) is 3.01. The van der Waals surface area contributed by atoms with E-state index in [1.165, 1.54) is 24.0 Å². The molecule has 3 heteroatoms. The fourth-order valence-electron chi connectivity index (χ4n) is 3.96. The van der Waals surface area contributed by atoms with Crippen molar-refractivity contribution in [3.8, 4) is 0 Å². The van der Waals surface area contributed by atoms with Crippen LogP contribution >= 0.6 is 0 Å². The van der Waals surface area contributed by atoms with Crippen LogP contribution in [0.2, 0.25) is 0 Å². The second-order valence-corrected chi connectivity index (χ2v) is 6.63. The minimum Gasteiger partial charge on any atom is -0.377 e. The fourth-order valence-corrected chi connectivity index (χ4v) is 3.96. The van der Waals surface area contributed by atoms with Gasteiger partial charge in [0.2, 0.25) is 0 Å². The average molecular weight is 288 g/mol. The summed E-state index contributed by atoms with van der Waals surface area (Å²) in [7, 11) is 0. The van der Waals surface area contributed by atoms with Crippen molar-refractivity contribution < 1.29 is 4.74 Å². The van der Waals surface area contributed by atoms with E-state index in [4.69, 9.17) is 10.5 Å². The van der Waals surface area contributed by atoms with E-state index in [0.717, 1.165) is 45.5 Å². The topological polar surface area (TPSA) is 38.5 Å². The number of hydrogen-bond donors (Lipinski definition) is 1. The summed E-state index contributed by atoms with van der Waals surface area (Å²) < 4.78 is 6.01. The normalized spacial score (nSPS) is 25.0. The summed E-state index contributed by atoms with van der Waals surface area (Å²) in [5.74, 6) is 0. The Balaban J connectivity index is 1.72. The Hall–Kier alpha value is -0.900. The first-order valence-corrected chi connectivity index (χ1v) is 8.41. The number of hydrogen-bond acceptors (Lipinski definition) is 3. The first kappa shape index (κ1) is 15.0. The molecule has 3 nitrogen and oxygen atoms in total. The van der Waals surface area contributed by atoms with E-state index in [0.29, 0.717) is 6.10 Å². The zero-order valence-corrected chi connectivity index (χ0v) is 13.2. The van der Waals surface area contributed by atoms with Gasteiger partial charge < -0.3 is 10.5 Å². The van der Waals surface area contributed by atoms with Gasteiger partial charge in [0.1, 0.15) is 0 Å². The van der Waals surface area contributed by atoms with Gasteiger partial charge in [-0.2, -0.15) is 0 Å². The van der Waals surface area contributed by atoms with Crippen LogP contribution in [-0.4, -0.2) is 42.8 Å². The highest BCUT2D eigenvalue weighted by atomic mass is 16.5. The van der Waals surface area contributed by atoms with E-state index in [1.807, 2.05) is 0 Å². The number of fused-ring (bicyclic) bond motifs is 1. The van der Waals surface area contributed by atoms with E-state index in [1.54, 1.807) is 0 Å². The van der Waals surface area contributed by atoms with E-state index in [9.17, 15) is 0 Å². The molecule has 0 amide bonds. The number of rotatable bonds is 5. The smallest absolute Gasteiger partial charge is 0.0702 e. The Morgan fingerprint density at radius 2 is 2.00 bits per heavy atom. The van der Waals surface area contributed by atoms with Gasteiger partial charge in [-0.15, -0.1) is 0 Å². The third-order valence-corrected chi connectivity index (χ3v) is 5.14. The molecule has 1 aliphatic heterocycles. The summed E-state index contributed by atoms with van der Waals surface area (Å²) in [6.45, 7) is 6.01. The van der Waals surface area contributed by atoms with Crippen LogP contribution in [0.4, 0.5) is 0 Å². The minimum absolute atomic E-state index is 0.123. The Bertz CT molecular complexity index is 449. The zero-order valence-electron chi connectivity index (χ0n) is 13.2. The molecule has 1 unspecified atom stereocenters. The van der Waals surface area contributed by atoms with Gasteiger partial charge in [-0.1, -0.05) is 31.2 Å². The second kappa shape index (κ2) is 6.47. The molecular formula is C18H28N2O. The van der Waals surface area contributed by atoms with E-state index < -0.39 is 0 Å². The zero-order chi connectivity index (χ0) is 14.7. The summed E-state index contributed by atoms with van der Waals surface area (Å²) in [6, 6.07) is 8.83. The van der Waals surface area contributed by atoms with Crippen LogP contribution < -0.4 is 5.73 Å². The molecule has 1 atom stereocenters. The molecule has 1 fully saturated rings. The van der Waals surface area contributed by atoms with Crippen molar-refractivity contribution in [2.75, 3.05) is 26.2 Å². The minimum atomic E-state index is 0.123. The Morgan fingerprint density at radius 3 is 2.62 bits per heavy atom. The molecule has 0 spiro atoms. The quantitative estimate of drug-likeness (QED) is 0.904. The van der Waals surface area contributed by atoms with Crippen molar-refractivity contribution >= 4 is 0 Å².